The van der Waals surface area contributed by atoms with Crippen molar-refractivity contribution in [2.24, 2.45) is 10.2 Å². The number of hydrogen-bond donors (Lipinski definition) is 0. The summed E-state index contributed by atoms with van der Waals surface area (Å²) in [7, 11) is 1.77. The van der Waals surface area contributed by atoms with Crippen molar-refractivity contribution in [3.05, 3.63) is 71.8 Å². The molecule has 2 aromatic rings. The number of aryl methyl sites for hydroxylation is 1. The second-order valence-corrected chi connectivity index (χ2v) is 10.4. The zero-order valence-electron chi connectivity index (χ0n) is 23.0. The molecule has 0 saturated heterocycles. The highest BCUT2D eigenvalue weighted by Gasteiger charge is 2.31. The van der Waals surface area contributed by atoms with Crippen molar-refractivity contribution in [1.82, 2.24) is 0 Å². The van der Waals surface area contributed by atoms with Crippen LogP contribution in [0.1, 0.15) is 114 Å². The lowest BCUT2D eigenvalue weighted by Crippen LogP contribution is -2.25. The molecular formula is C33H49N3. The Morgan fingerprint density at radius 3 is 1.86 bits per heavy atom. The summed E-state index contributed by atoms with van der Waals surface area (Å²) < 4.78 is 0. The van der Waals surface area contributed by atoms with Crippen molar-refractivity contribution in [1.29, 1.82) is 5.26 Å². The first-order chi connectivity index (χ1) is 17.7. The summed E-state index contributed by atoms with van der Waals surface area (Å²) >= 11 is 0. The van der Waals surface area contributed by atoms with E-state index in [9.17, 15) is 5.26 Å². The highest BCUT2D eigenvalue weighted by atomic mass is 15.1. The Bertz CT molecular complexity index is 856. The number of benzene rings is 2. The van der Waals surface area contributed by atoms with Crippen LogP contribution in [-0.4, -0.2) is 13.1 Å². The molecule has 0 heterocycles. The van der Waals surface area contributed by atoms with E-state index in [0.29, 0.717) is 0 Å². The predicted octanol–water partition coefficient (Wildman–Crippen LogP) is 10.0. The minimum Gasteiger partial charge on any atom is -0.197 e. The fourth-order valence-electron chi connectivity index (χ4n) is 5.30. The van der Waals surface area contributed by atoms with Gasteiger partial charge in [-0.05, 0) is 49.7 Å². The van der Waals surface area contributed by atoms with Gasteiger partial charge in [0.05, 0.1) is 17.5 Å². The summed E-state index contributed by atoms with van der Waals surface area (Å²) in [6.07, 6.45) is 19.1. The first-order valence-corrected chi connectivity index (χ1v) is 14.5. The molecule has 3 heteroatoms. The van der Waals surface area contributed by atoms with Gasteiger partial charge in [0.1, 0.15) is 0 Å². The average Bonchev–Trinajstić information content (AvgIpc) is 2.93. The summed E-state index contributed by atoms with van der Waals surface area (Å²) in [6, 6.07) is 24.1. The van der Waals surface area contributed by atoms with Crippen LogP contribution in [0.4, 0.5) is 0 Å². The predicted molar refractivity (Wildman–Crippen MR) is 153 cm³/mol. The number of nitriles is 1. The second-order valence-electron chi connectivity index (χ2n) is 10.4. The normalized spacial score (nSPS) is 13.9. The molecular weight excluding hydrogens is 438 g/mol. The van der Waals surface area contributed by atoms with E-state index in [1.807, 2.05) is 6.07 Å². The Hall–Kier alpha value is -2.47. The summed E-state index contributed by atoms with van der Waals surface area (Å²) in [5.74, 6) is 0. The second kappa shape index (κ2) is 18.8. The number of azo groups is 1. The van der Waals surface area contributed by atoms with Crippen molar-refractivity contribution < 1.29 is 0 Å². The van der Waals surface area contributed by atoms with Crippen molar-refractivity contribution >= 4 is 0 Å². The van der Waals surface area contributed by atoms with Crippen LogP contribution in [0.2, 0.25) is 0 Å². The van der Waals surface area contributed by atoms with Crippen molar-refractivity contribution in [2.75, 3.05) is 7.05 Å². The third-order valence-electron chi connectivity index (χ3n) is 7.53. The first-order valence-electron chi connectivity index (χ1n) is 14.5. The Labute approximate surface area is 221 Å². The fourth-order valence-corrected chi connectivity index (χ4v) is 5.30. The molecule has 0 radical (unpaired) electrons. The lowest BCUT2D eigenvalue weighted by molar-refractivity contribution is 0.400. The Kier molecular flexibility index (Phi) is 15.5. The first kappa shape index (κ1) is 29.8. The van der Waals surface area contributed by atoms with Crippen LogP contribution < -0.4 is 0 Å². The molecule has 0 spiro atoms. The van der Waals surface area contributed by atoms with Gasteiger partial charge >= 0.3 is 0 Å². The Morgan fingerprint density at radius 1 is 0.722 bits per heavy atom. The molecule has 0 aliphatic heterocycles. The molecule has 36 heavy (non-hydrogen) atoms. The van der Waals surface area contributed by atoms with Crippen LogP contribution >= 0.6 is 0 Å². The molecule has 0 aromatic heterocycles. The van der Waals surface area contributed by atoms with Crippen molar-refractivity contribution in [3.63, 3.8) is 0 Å². The summed E-state index contributed by atoms with van der Waals surface area (Å²) in [5, 5.41) is 19.0. The summed E-state index contributed by atoms with van der Waals surface area (Å²) in [5.41, 5.74) is 2.14. The van der Waals surface area contributed by atoms with Gasteiger partial charge < -0.3 is 0 Å². The lowest BCUT2D eigenvalue weighted by Gasteiger charge is -2.28. The van der Waals surface area contributed by atoms with Gasteiger partial charge in [-0.25, -0.2) is 0 Å². The minimum atomic E-state index is -0.394. The van der Waals surface area contributed by atoms with Gasteiger partial charge in [-0.1, -0.05) is 132 Å². The van der Waals surface area contributed by atoms with Crippen LogP contribution in [0.15, 0.2) is 70.9 Å². The maximum Gasteiger partial charge on any atom is 0.0822 e. The highest BCUT2D eigenvalue weighted by molar-refractivity contribution is 5.32. The standard InChI is InChI=1S/C33H49N3/c1-3-4-5-6-7-8-9-10-11-18-27-33(29-34,31-22-16-13-17-23-31)28-19-24-32(36-35-2)26-25-30-20-14-12-15-21-30/h12-17,20-23,32H,3-11,18-19,24-28H2,1-2H3/b36-35+. The molecule has 2 aromatic carbocycles. The molecule has 0 saturated carbocycles. The van der Waals surface area contributed by atoms with Crippen LogP contribution in [0.25, 0.3) is 0 Å². The zero-order chi connectivity index (χ0) is 25.7. The van der Waals surface area contributed by atoms with E-state index >= 15 is 0 Å². The average molecular weight is 488 g/mol. The minimum absolute atomic E-state index is 0.222. The monoisotopic (exact) mass is 487 g/mol. The smallest absolute Gasteiger partial charge is 0.0822 e. The molecule has 2 unspecified atom stereocenters. The van der Waals surface area contributed by atoms with Gasteiger partial charge in [-0.15, -0.1) is 0 Å². The fraction of sp³-hybridized carbons (Fsp3) is 0.606. The molecule has 2 atom stereocenters. The lowest BCUT2D eigenvalue weighted by atomic mass is 9.73. The van der Waals surface area contributed by atoms with E-state index < -0.39 is 5.41 Å². The van der Waals surface area contributed by atoms with Gasteiger partial charge in [0, 0.05) is 7.05 Å². The Morgan fingerprint density at radius 2 is 1.28 bits per heavy atom. The van der Waals surface area contributed by atoms with Crippen molar-refractivity contribution in [2.45, 2.75) is 121 Å². The summed E-state index contributed by atoms with van der Waals surface area (Å²) in [6.45, 7) is 2.28. The molecule has 0 N–H and O–H groups in total. The molecule has 196 valence electrons. The third-order valence-corrected chi connectivity index (χ3v) is 7.53. The van der Waals surface area contributed by atoms with E-state index in [-0.39, 0.29) is 6.04 Å². The van der Waals surface area contributed by atoms with Crippen molar-refractivity contribution in [3.8, 4) is 6.07 Å². The zero-order valence-corrected chi connectivity index (χ0v) is 23.0. The van der Waals surface area contributed by atoms with Crippen LogP contribution in [0.3, 0.4) is 0 Å². The van der Waals surface area contributed by atoms with E-state index in [0.717, 1.165) is 44.9 Å². The van der Waals surface area contributed by atoms with Gasteiger partial charge in [0.25, 0.3) is 0 Å². The third kappa shape index (κ3) is 11.5. The molecule has 0 aliphatic rings. The number of nitrogens with zero attached hydrogens (tertiary/aromatic N) is 3. The van der Waals surface area contributed by atoms with E-state index in [1.165, 1.54) is 68.9 Å². The van der Waals surface area contributed by atoms with Gasteiger partial charge in [0.2, 0.25) is 0 Å². The van der Waals surface area contributed by atoms with E-state index in [1.54, 1.807) is 7.05 Å². The number of hydrogen-bond acceptors (Lipinski definition) is 3. The van der Waals surface area contributed by atoms with E-state index in [4.69, 9.17) is 0 Å². The van der Waals surface area contributed by atoms with E-state index in [2.05, 4.69) is 77.8 Å². The largest absolute Gasteiger partial charge is 0.197 e. The maximum atomic E-state index is 10.4. The van der Waals surface area contributed by atoms with Gasteiger partial charge in [0.15, 0.2) is 0 Å². The van der Waals surface area contributed by atoms with Gasteiger partial charge in [-0.3, -0.25) is 0 Å². The molecule has 0 aliphatic carbocycles. The van der Waals surface area contributed by atoms with Crippen LogP contribution in [0.5, 0.6) is 0 Å². The topological polar surface area (TPSA) is 48.5 Å². The molecule has 0 amide bonds. The Balaban J connectivity index is 1.85. The molecule has 3 nitrogen and oxygen atoms in total. The molecule has 2 rings (SSSR count). The SMILES string of the molecule is CCCCCCCCCCCCC(C#N)(CCCC(CCc1ccccc1)/N=N/C)c1ccccc1. The highest BCUT2D eigenvalue weighted by Crippen LogP contribution is 2.35. The van der Waals surface area contributed by atoms with Crippen LogP contribution in [0, 0.1) is 11.3 Å². The number of rotatable bonds is 20. The van der Waals surface area contributed by atoms with Crippen LogP contribution in [-0.2, 0) is 11.8 Å². The summed E-state index contributed by atoms with van der Waals surface area (Å²) in [4.78, 5) is 0. The quantitative estimate of drug-likeness (QED) is 0.135. The number of unbranched alkanes of at least 4 members (excludes halogenated alkanes) is 9. The van der Waals surface area contributed by atoms with Gasteiger partial charge in [-0.2, -0.15) is 15.5 Å². The maximum absolute atomic E-state index is 10.4. The molecule has 0 bridgehead atoms. The molecule has 0 fully saturated rings.